The van der Waals surface area contributed by atoms with E-state index in [1.54, 1.807) is 25.1 Å². The molecule has 2 aromatic heterocycles. The smallest absolute Gasteiger partial charge is 0.314 e. The summed E-state index contributed by atoms with van der Waals surface area (Å²) in [6.07, 6.45) is 5.63. The number of aryl methyl sites for hydroxylation is 1. The van der Waals surface area contributed by atoms with Crippen molar-refractivity contribution in [2.24, 2.45) is 0 Å². The molecule has 0 bridgehead atoms. The summed E-state index contributed by atoms with van der Waals surface area (Å²) < 4.78 is 2.06. The average Bonchev–Trinajstić information content (AvgIpc) is 2.93. The lowest BCUT2D eigenvalue weighted by Gasteiger charge is -2.05. The molecule has 0 aliphatic rings. The van der Waals surface area contributed by atoms with E-state index in [9.17, 15) is 4.79 Å². The number of imidazole rings is 1. The molecule has 2 rings (SSSR count). The topological polar surface area (TPSA) is 84.7 Å². The zero-order valence-electron chi connectivity index (χ0n) is 12.3. The first-order valence-electron chi connectivity index (χ1n) is 7.00. The molecule has 2 N–H and O–H groups in total. The van der Waals surface area contributed by atoms with E-state index in [2.05, 4.69) is 37.1 Å². The van der Waals surface area contributed by atoms with Crippen LogP contribution in [0.5, 0.6) is 0 Å². The van der Waals surface area contributed by atoms with E-state index in [0.717, 1.165) is 41.3 Å². The van der Waals surface area contributed by atoms with Crippen molar-refractivity contribution in [1.29, 1.82) is 0 Å². The maximum Gasteiger partial charge on any atom is 0.314 e. The molecule has 0 aliphatic carbocycles. The number of carbonyl (C=O) groups is 1. The molecule has 0 radical (unpaired) electrons. The largest absolute Gasteiger partial charge is 0.341 e. The average molecular weight is 308 g/mol. The van der Waals surface area contributed by atoms with Gasteiger partial charge in [-0.2, -0.15) is 0 Å². The highest BCUT2D eigenvalue weighted by Gasteiger charge is 2.10. The van der Waals surface area contributed by atoms with Gasteiger partial charge in [-0.15, -0.1) is 11.8 Å². The highest BCUT2D eigenvalue weighted by Crippen LogP contribution is 2.22. The van der Waals surface area contributed by atoms with Crippen LogP contribution in [0.4, 0.5) is 4.79 Å². The molecule has 0 saturated carbocycles. The number of carbonyl (C=O) groups excluding carboxylic acids is 1. The second-order valence-corrected chi connectivity index (χ2v) is 5.58. The Hall–Kier alpha value is -1.83. The van der Waals surface area contributed by atoms with Gasteiger partial charge in [-0.25, -0.2) is 19.7 Å². The van der Waals surface area contributed by atoms with Gasteiger partial charge in [-0.05, 0) is 6.42 Å². The molecule has 114 valence electrons. The Morgan fingerprint density at radius 2 is 2.24 bits per heavy atom. The van der Waals surface area contributed by atoms with Gasteiger partial charge in [0.25, 0.3) is 0 Å². The van der Waals surface area contributed by atoms with Crippen molar-refractivity contribution in [3.63, 3.8) is 0 Å². The van der Waals surface area contributed by atoms with Gasteiger partial charge in [-0.1, -0.05) is 13.3 Å². The minimum atomic E-state index is -0.174. The summed E-state index contributed by atoms with van der Waals surface area (Å²) in [6.45, 7) is 3.66. The molecule has 0 aromatic carbocycles. The van der Waals surface area contributed by atoms with E-state index < -0.39 is 0 Å². The van der Waals surface area contributed by atoms with Crippen molar-refractivity contribution in [1.82, 2.24) is 30.2 Å². The Balaban J connectivity index is 2.00. The van der Waals surface area contributed by atoms with Crippen molar-refractivity contribution in [3.8, 4) is 0 Å². The molecule has 7 nitrogen and oxygen atoms in total. The zero-order chi connectivity index (χ0) is 15.1. The monoisotopic (exact) mass is 308 g/mol. The molecule has 0 saturated heterocycles. The van der Waals surface area contributed by atoms with E-state index in [0.29, 0.717) is 6.54 Å². The van der Waals surface area contributed by atoms with Crippen molar-refractivity contribution < 1.29 is 4.79 Å². The molecule has 2 heterocycles. The second kappa shape index (κ2) is 7.82. The first-order valence-corrected chi connectivity index (χ1v) is 7.99. The van der Waals surface area contributed by atoms with Crippen LogP contribution in [0.15, 0.2) is 17.7 Å². The van der Waals surface area contributed by atoms with Gasteiger partial charge < -0.3 is 15.2 Å². The summed E-state index contributed by atoms with van der Waals surface area (Å²) in [5.74, 6) is 0.737. The predicted octanol–water partition coefficient (Wildman–Crippen LogP) is 1.65. The molecule has 0 aliphatic heterocycles. The third kappa shape index (κ3) is 4.07. The molecule has 21 heavy (non-hydrogen) atoms. The van der Waals surface area contributed by atoms with Crippen molar-refractivity contribution in [3.05, 3.63) is 12.7 Å². The minimum absolute atomic E-state index is 0.174. The summed E-state index contributed by atoms with van der Waals surface area (Å²) in [7, 11) is 1.60. The number of fused-ring (bicyclic) bond motifs is 1. The Morgan fingerprint density at radius 1 is 1.38 bits per heavy atom. The van der Waals surface area contributed by atoms with Crippen LogP contribution in [0.1, 0.15) is 19.8 Å². The lowest BCUT2D eigenvalue weighted by Crippen LogP contribution is -2.34. The molecular formula is C13H20N6OS. The summed E-state index contributed by atoms with van der Waals surface area (Å²) >= 11 is 1.57. The molecular weight excluding hydrogens is 288 g/mol. The molecule has 8 heteroatoms. The SMILES string of the molecule is CCCCn1cnc2c(SCCNC(=O)NC)ncnc21. The Kier molecular flexibility index (Phi) is 5.79. The van der Waals surface area contributed by atoms with Crippen molar-refractivity contribution in [2.45, 2.75) is 31.3 Å². The van der Waals surface area contributed by atoms with Gasteiger partial charge in [-0.3, -0.25) is 0 Å². The highest BCUT2D eigenvalue weighted by atomic mass is 32.2. The van der Waals surface area contributed by atoms with Gasteiger partial charge in [0.05, 0.1) is 6.33 Å². The van der Waals surface area contributed by atoms with Crippen LogP contribution in [0.3, 0.4) is 0 Å². The van der Waals surface area contributed by atoms with Gasteiger partial charge in [0.1, 0.15) is 16.9 Å². The number of hydrogen-bond donors (Lipinski definition) is 2. The number of hydrogen-bond acceptors (Lipinski definition) is 5. The van der Waals surface area contributed by atoms with E-state index in [1.807, 2.05) is 6.33 Å². The minimum Gasteiger partial charge on any atom is -0.341 e. The lowest BCUT2D eigenvalue weighted by atomic mass is 10.3. The van der Waals surface area contributed by atoms with Gasteiger partial charge in [0.15, 0.2) is 5.65 Å². The quantitative estimate of drug-likeness (QED) is 0.461. The summed E-state index contributed by atoms with van der Waals surface area (Å²) in [6, 6.07) is -0.174. The highest BCUT2D eigenvalue weighted by molar-refractivity contribution is 7.99. The van der Waals surface area contributed by atoms with E-state index in [4.69, 9.17) is 0 Å². The van der Waals surface area contributed by atoms with Crippen LogP contribution in [0.25, 0.3) is 11.2 Å². The normalized spacial score (nSPS) is 10.8. The number of urea groups is 1. The number of rotatable bonds is 7. The van der Waals surface area contributed by atoms with Gasteiger partial charge in [0.2, 0.25) is 0 Å². The van der Waals surface area contributed by atoms with Crippen LogP contribution in [0.2, 0.25) is 0 Å². The Labute approximate surface area is 127 Å². The molecule has 2 aromatic rings. The number of aromatic nitrogens is 4. The fraction of sp³-hybridized carbons (Fsp3) is 0.538. The Morgan fingerprint density at radius 3 is 3.00 bits per heavy atom. The maximum atomic E-state index is 11.1. The number of nitrogens with one attached hydrogen (secondary N) is 2. The van der Waals surface area contributed by atoms with E-state index in [1.165, 1.54) is 0 Å². The van der Waals surface area contributed by atoms with Crippen molar-refractivity contribution >= 4 is 29.0 Å². The molecule has 0 unspecified atom stereocenters. The first-order chi connectivity index (χ1) is 10.3. The second-order valence-electron chi connectivity index (χ2n) is 4.50. The zero-order valence-corrected chi connectivity index (χ0v) is 13.1. The summed E-state index contributed by atoms with van der Waals surface area (Å²) in [5.41, 5.74) is 1.71. The van der Waals surface area contributed by atoms with Crippen LogP contribution >= 0.6 is 11.8 Å². The van der Waals surface area contributed by atoms with Crippen LogP contribution in [-0.2, 0) is 6.54 Å². The molecule has 2 amide bonds. The van der Waals surface area contributed by atoms with E-state index in [-0.39, 0.29) is 6.03 Å². The van der Waals surface area contributed by atoms with Crippen LogP contribution in [0, 0.1) is 0 Å². The maximum absolute atomic E-state index is 11.1. The third-order valence-corrected chi connectivity index (χ3v) is 3.95. The number of unbranched alkanes of at least 4 members (excludes halogenated alkanes) is 1. The first kappa shape index (κ1) is 15.6. The number of amides is 2. The standard InChI is InChI=1S/C13H20N6OS/c1-3-4-6-19-9-18-10-11(19)16-8-17-12(10)21-7-5-15-13(20)14-2/h8-9H,3-7H2,1-2H3,(H2,14,15,20). The van der Waals surface area contributed by atoms with Gasteiger partial charge >= 0.3 is 6.03 Å². The van der Waals surface area contributed by atoms with Gasteiger partial charge in [0, 0.05) is 25.9 Å². The lowest BCUT2D eigenvalue weighted by molar-refractivity contribution is 0.243. The van der Waals surface area contributed by atoms with Crippen molar-refractivity contribution in [2.75, 3.05) is 19.3 Å². The molecule has 0 atom stereocenters. The Bertz CT molecular complexity index is 599. The number of thioether (sulfide) groups is 1. The predicted molar refractivity (Wildman–Crippen MR) is 83.4 cm³/mol. The van der Waals surface area contributed by atoms with Crippen LogP contribution < -0.4 is 10.6 Å². The fourth-order valence-electron chi connectivity index (χ4n) is 1.86. The molecule has 0 spiro atoms. The third-order valence-electron chi connectivity index (χ3n) is 2.97. The summed E-state index contributed by atoms with van der Waals surface area (Å²) in [5, 5.41) is 6.11. The number of nitrogens with zero attached hydrogens (tertiary/aromatic N) is 4. The summed E-state index contributed by atoms with van der Waals surface area (Å²) in [4.78, 5) is 24.1. The molecule has 0 fully saturated rings. The van der Waals surface area contributed by atoms with E-state index >= 15 is 0 Å². The van der Waals surface area contributed by atoms with Crippen LogP contribution in [-0.4, -0.2) is 44.9 Å². The fourth-order valence-corrected chi connectivity index (χ4v) is 2.66.